The van der Waals surface area contributed by atoms with Crippen LogP contribution in [0.3, 0.4) is 0 Å². The van der Waals surface area contributed by atoms with Gasteiger partial charge >= 0.3 is 0 Å². The van der Waals surface area contributed by atoms with Crippen molar-refractivity contribution >= 4 is 11.3 Å². The van der Waals surface area contributed by atoms with Crippen LogP contribution in [0.2, 0.25) is 0 Å². The Morgan fingerprint density at radius 3 is 2.44 bits per heavy atom. The molecule has 0 fully saturated rings. The monoisotopic (exact) mass is 267 g/mol. The van der Waals surface area contributed by atoms with Crippen LogP contribution in [-0.2, 0) is 0 Å². The average Bonchev–Trinajstić information content (AvgIpc) is 2.79. The van der Waals surface area contributed by atoms with E-state index in [-0.39, 0.29) is 0 Å². The molecule has 0 aromatic carbocycles. The zero-order valence-corrected chi connectivity index (χ0v) is 13.1. The van der Waals surface area contributed by atoms with Crippen LogP contribution in [-0.4, -0.2) is 6.54 Å². The molecule has 0 aliphatic carbocycles. The van der Waals surface area contributed by atoms with Crippen molar-refractivity contribution in [3.05, 3.63) is 21.9 Å². The number of hydrogen-bond donors (Lipinski definition) is 1. The largest absolute Gasteiger partial charge is 0.310 e. The van der Waals surface area contributed by atoms with E-state index in [2.05, 4.69) is 36.8 Å². The van der Waals surface area contributed by atoms with Gasteiger partial charge in [-0.3, -0.25) is 0 Å². The fourth-order valence-corrected chi connectivity index (χ4v) is 3.27. The summed E-state index contributed by atoms with van der Waals surface area (Å²) in [7, 11) is 0. The molecule has 2 heteroatoms. The Labute approximate surface area is 117 Å². The zero-order chi connectivity index (χ0) is 13.2. The summed E-state index contributed by atoms with van der Waals surface area (Å²) >= 11 is 1.84. The maximum absolute atomic E-state index is 3.71. The molecule has 0 aliphatic heterocycles. The Kier molecular flexibility index (Phi) is 8.36. The van der Waals surface area contributed by atoms with Crippen LogP contribution in [0.5, 0.6) is 0 Å². The molecule has 1 N–H and O–H groups in total. The van der Waals surface area contributed by atoms with Crippen LogP contribution in [0.15, 0.2) is 10.8 Å². The molecule has 0 saturated carbocycles. The first-order valence-electron chi connectivity index (χ1n) is 7.55. The quantitative estimate of drug-likeness (QED) is 0.555. The van der Waals surface area contributed by atoms with E-state index < -0.39 is 0 Å². The van der Waals surface area contributed by atoms with E-state index in [9.17, 15) is 0 Å². The Balaban J connectivity index is 2.39. The van der Waals surface area contributed by atoms with Gasteiger partial charge in [0.2, 0.25) is 0 Å². The van der Waals surface area contributed by atoms with Gasteiger partial charge in [-0.1, -0.05) is 46.0 Å². The van der Waals surface area contributed by atoms with Crippen molar-refractivity contribution in [1.29, 1.82) is 0 Å². The van der Waals surface area contributed by atoms with E-state index >= 15 is 0 Å². The molecule has 0 aliphatic rings. The molecule has 0 amide bonds. The molecule has 1 aromatic rings. The van der Waals surface area contributed by atoms with Crippen LogP contribution in [0, 0.1) is 6.92 Å². The second-order valence-corrected chi connectivity index (χ2v) is 5.96. The molecule has 104 valence electrons. The van der Waals surface area contributed by atoms with Crippen LogP contribution < -0.4 is 5.32 Å². The number of thiophene rings is 1. The van der Waals surface area contributed by atoms with E-state index in [0.29, 0.717) is 6.04 Å². The van der Waals surface area contributed by atoms with Crippen LogP contribution >= 0.6 is 11.3 Å². The van der Waals surface area contributed by atoms with Gasteiger partial charge in [-0.25, -0.2) is 0 Å². The third-order valence-corrected chi connectivity index (χ3v) is 4.39. The third-order valence-electron chi connectivity index (χ3n) is 3.51. The van der Waals surface area contributed by atoms with Gasteiger partial charge in [0.1, 0.15) is 0 Å². The highest BCUT2D eigenvalue weighted by Crippen LogP contribution is 2.26. The maximum Gasteiger partial charge on any atom is 0.0331 e. The Morgan fingerprint density at radius 1 is 1.06 bits per heavy atom. The number of hydrogen-bond acceptors (Lipinski definition) is 2. The fraction of sp³-hybridized carbons (Fsp3) is 0.750. The van der Waals surface area contributed by atoms with E-state index in [1.54, 1.807) is 0 Å². The summed E-state index contributed by atoms with van der Waals surface area (Å²) in [5.41, 5.74) is 2.99. The number of unbranched alkanes of at least 4 members (excludes halogenated alkanes) is 4. The van der Waals surface area contributed by atoms with Crippen LogP contribution in [0.25, 0.3) is 0 Å². The van der Waals surface area contributed by atoms with Crippen molar-refractivity contribution in [3.8, 4) is 0 Å². The van der Waals surface area contributed by atoms with Crippen molar-refractivity contribution in [3.63, 3.8) is 0 Å². The first-order valence-corrected chi connectivity index (χ1v) is 8.49. The minimum Gasteiger partial charge on any atom is -0.310 e. The third kappa shape index (κ3) is 5.53. The summed E-state index contributed by atoms with van der Waals surface area (Å²) in [5.74, 6) is 0. The average molecular weight is 267 g/mol. The molecular formula is C16H29NS. The van der Waals surface area contributed by atoms with Gasteiger partial charge in [0.05, 0.1) is 0 Å². The summed E-state index contributed by atoms with van der Waals surface area (Å²) in [6.07, 6.45) is 9.39. The van der Waals surface area contributed by atoms with Gasteiger partial charge in [0.25, 0.3) is 0 Å². The second-order valence-electron chi connectivity index (χ2n) is 5.22. The highest BCUT2D eigenvalue weighted by Gasteiger charge is 2.13. The normalized spacial score (nSPS) is 12.8. The lowest BCUT2D eigenvalue weighted by Gasteiger charge is -2.18. The molecule has 1 unspecified atom stereocenters. The first-order chi connectivity index (χ1) is 8.79. The molecular weight excluding hydrogens is 238 g/mol. The molecule has 0 spiro atoms. The highest BCUT2D eigenvalue weighted by molar-refractivity contribution is 7.08. The minimum absolute atomic E-state index is 0.581. The standard InChI is InChI=1S/C16H29NS/c1-4-6-7-8-9-10-16(17-11-5-2)15-13-18-12-14(15)3/h12-13,16-17H,4-11H2,1-3H3. The van der Waals surface area contributed by atoms with Crippen molar-refractivity contribution < 1.29 is 0 Å². The maximum atomic E-state index is 3.71. The highest BCUT2D eigenvalue weighted by atomic mass is 32.1. The SMILES string of the molecule is CCCCCCCC(NCCC)c1cscc1C. The van der Waals surface area contributed by atoms with Crippen molar-refractivity contribution in [2.45, 2.75) is 71.8 Å². The first kappa shape index (κ1) is 15.7. The van der Waals surface area contributed by atoms with Crippen molar-refractivity contribution in [2.24, 2.45) is 0 Å². The molecule has 0 bridgehead atoms. The molecule has 18 heavy (non-hydrogen) atoms. The zero-order valence-electron chi connectivity index (χ0n) is 12.3. The summed E-state index contributed by atoms with van der Waals surface area (Å²) in [6.45, 7) is 7.89. The molecule has 0 saturated heterocycles. The van der Waals surface area contributed by atoms with Gasteiger partial charge < -0.3 is 5.32 Å². The molecule has 0 radical (unpaired) electrons. The molecule has 1 rings (SSSR count). The van der Waals surface area contributed by atoms with Crippen LogP contribution in [0.4, 0.5) is 0 Å². The van der Waals surface area contributed by atoms with Crippen molar-refractivity contribution in [1.82, 2.24) is 5.32 Å². The van der Waals surface area contributed by atoms with E-state index in [1.807, 2.05) is 11.3 Å². The van der Waals surface area contributed by atoms with E-state index in [4.69, 9.17) is 0 Å². The molecule has 1 atom stereocenters. The lowest BCUT2D eigenvalue weighted by atomic mass is 9.99. The topological polar surface area (TPSA) is 12.0 Å². The number of aryl methyl sites for hydroxylation is 1. The lowest BCUT2D eigenvalue weighted by molar-refractivity contribution is 0.467. The number of nitrogens with one attached hydrogen (secondary N) is 1. The smallest absolute Gasteiger partial charge is 0.0331 e. The van der Waals surface area contributed by atoms with Crippen LogP contribution in [0.1, 0.15) is 76.0 Å². The Hall–Kier alpha value is -0.340. The summed E-state index contributed by atoms with van der Waals surface area (Å²) < 4.78 is 0. The molecule has 1 aromatic heterocycles. The van der Waals surface area contributed by atoms with Gasteiger partial charge in [-0.2, -0.15) is 11.3 Å². The molecule has 1 heterocycles. The van der Waals surface area contributed by atoms with Gasteiger partial charge in [0.15, 0.2) is 0 Å². The second kappa shape index (κ2) is 9.57. The van der Waals surface area contributed by atoms with Crippen molar-refractivity contribution in [2.75, 3.05) is 6.54 Å². The molecule has 1 nitrogen and oxygen atoms in total. The summed E-state index contributed by atoms with van der Waals surface area (Å²) in [4.78, 5) is 0. The fourth-order valence-electron chi connectivity index (χ4n) is 2.37. The summed E-state index contributed by atoms with van der Waals surface area (Å²) in [5, 5.41) is 8.31. The Morgan fingerprint density at radius 2 is 1.83 bits per heavy atom. The van der Waals surface area contributed by atoms with E-state index in [0.717, 1.165) is 6.54 Å². The van der Waals surface area contributed by atoms with Gasteiger partial charge in [0, 0.05) is 6.04 Å². The van der Waals surface area contributed by atoms with Gasteiger partial charge in [-0.05, 0) is 48.2 Å². The number of rotatable bonds is 10. The predicted molar refractivity (Wildman–Crippen MR) is 83.5 cm³/mol. The Bertz CT molecular complexity index is 306. The van der Waals surface area contributed by atoms with E-state index in [1.165, 1.54) is 56.1 Å². The predicted octanol–water partition coefficient (Wildman–Crippen LogP) is 5.46. The summed E-state index contributed by atoms with van der Waals surface area (Å²) in [6, 6.07) is 0.581. The minimum atomic E-state index is 0.581. The lowest BCUT2D eigenvalue weighted by Crippen LogP contribution is -2.22. The van der Waals surface area contributed by atoms with Gasteiger partial charge in [-0.15, -0.1) is 0 Å².